The van der Waals surface area contributed by atoms with Gasteiger partial charge in [0.25, 0.3) is 0 Å². The lowest BCUT2D eigenvalue weighted by atomic mass is 10.2. The number of hydrogen-bond donors (Lipinski definition) is 3. The van der Waals surface area contributed by atoms with Crippen molar-refractivity contribution in [3.05, 3.63) is 16.1 Å². The Morgan fingerprint density at radius 1 is 1.65 bits per heavy atom. The van der Waals surface area contributed by atoms with E-state index in [1.165, 1.54) is 16.7 Å². The van der Waals surface area contributed by atoms with Crippen LogP contribution in [0.4, 0.5) is 0 Å². The predicted octanol–water partition coefficient (Wildman–Crippen LogP) is 0.756. The Morgan fingerprint density at radius 3 is 2.76 bits per heavy atom. The molecule has 0 aliphatic carbocycles. The van der Waals surface area contributed by atoms with Crippen LogP contribution in [0.5, 0.6) is 0 Å². The number of carbonyl (C=O) groups excluding carboxylic acids is 1. The largest absolute Gasteiger partial charge is 0.476 e. The first-order valence-corrected chi connectivity index (χ1v) is 6.08. The van der Waals surface area contributed by atoms with Gasteiger partial charge in [0.05, 0.1) is 12.1 Å². The number of carboxylic acid groups (broad SMARTS) is 1. The Kier molecular flexibility index (Phi) is 4.59. The Bertz CT molecular complexity index is 419. The second-order valence-corrected chi connectivity index (χ2v) is 4.51. The summed E-state index contributed by atoms with van der Waals surface area (Å²) in [5, 5.41) is 13.4. The van der Waals surface area contributed by atoms with Gasteiger partial charge >= 0.3 is 5.97 Å². The molecule has 1 aromatic rings. The standard InChI is InChI=1S/C10H15N3O3S/c1-3-6(11)8(14)12-5(2)9-13-7(4-17-9)10(15)16/h4-6H,3,11H2,1-2H3,(H,12,14)(H,15,16). The Balaban J connectivity index is 2.66. The summed E-state index contributed by atoms with van der Waals surface area (Å²) in [6.07, 6.45) is 0.552. The molecule has 1 rings (SSSR count). The fourth-order valence-corrected chi connectivity index (χ4v) is 1.95. The molecule has 6 nitrogen and oxygen atoms in total. The lowest BCUT2D eigenvalue weighted by Gasteiger charge is -2.14. The third kappa shape index (κ3) is 3.50. The summed E-state index contributed by atoms with van der Waals surface area (Å²) in [4.78, 5) is 26.1. The third-order valence-electron chi connectivity index (χ3n) is 2.25. The van der Waals surface area contributed by atoms with Gasteiger partial charge in [0, 0.05) is 5.38 Å². The van der Waals surface area contributed by atoms with Crippen molar-refractivity contribution in [1.82, 2.24) is 10.3 Å². The Morgan fingerprint density at radius 2 is 2.29 bits per heavy atom. The van der Waals surface area contributed by atoms with E-state index < -0.39 is 12.0 Å². The van der Waals surface area contributed by atoms with Crippen molar-refractivity contribution in [2.45, 2.75) is 32.4 Å². The number of thiazole rings is 1. The fraction of sp³-hybridized carbons (Fsp3) is 0.500. The molecular formula is C10H15N3O3S. The van der Waals surface area contributed by atoms with Gasteiger partial charge < -0.3 is 16.2 Å². The van der Waals surface area contributed by atoms with Crippen LogP contribution in [0.1, 0.15) is 41.8 Å². The van der Waals surface area contributed by atoms with Crippen LogP contribution < -0.4 is 11.1 Å². The number of nitrogens with one attached hydrogen (secondary N) is 1. The molecule has 1 aromatic heterocycles. The number of nitrogens with zero attached hydrogens (tertiary/aromatic N) is 1. The minimum absolute atomic E-state index is 0.00844. The van der Waals surface area contributed by atoms with Crippen LogP contribution in [-0.4, -0.2) is 28.0 Å². The van der Waals surface area contributed by atoms with E-state index in [9.17, 15) is 9.59 Å². The van der Waals surface area contributed by atoms with E-state index >= 15 is 0 Å². The molecule has 0 aromatic carbocycles. The molecule has 0 aliphatic rings. The van der Waals surface area contributed by atoms with Crippen LogP contribution >= 0.6 is 11.3 Å². The topological polar surface area (TPSA) is 105 Å². The second-order valence-electron chi connectivity index (χ2n) is 3.62. The molecule has 0 saturated carbocycles. The molecule has 94 valence electrons. The maximum Gasteiger partial charge on any atom is 0.355 e. The highest BCUT2D eigenvalue weighted by molar-refractivity contribution is 7.09. The summed E-state index contributed by atoms with van der Waals surface area (Å²) < 4.78 is 0. The van der Waals surface area contributed by atoms with Crippen LogP contribution in [0, 0.1) is 0 Å². The highest BCUT2D eigenvalue weighted by Crippen LogP contribution is 2.18. The molecule has 1 heterocycles. The van der Waals surface area contributed by atoms with E-state index in [4.69, 9.17) is 10.8 Å². The van der Waals surface area contributed by atoms with Gasteiger partial charge in [-0.2, -0.15) is 0 Å². The van der Waals surface area contributed by atoms with Gasteiger partial charge in [0.15, 0.2) is 5.69 Å². The number of carbonyl (C=O) groups is 2. The van der Waals surface area contributed by atoms with Crippen molar-refractivity contribution in [3.63, 3.8) is 0 Å². The zero-order valence-electron chi connectivity index (χ0n) is 9.64. The number of amides is 1. The molecule has 1 amide bonds. The maximum absolute atomic E-state index is 11.5. The van der Waals surface area contributed by atoms with Gasteiger partial charge in [-0.25, -0.2) is 9.78 Å². The van der Waals surface area contributed by atoms with E-state index in [0.29, 0.717) is 11.4 Å². The molecule has 0 spiro atoms. The van der Waals surface area contributed by atoms with Crippen LogP contribution in [0.25, 0.3) is 0 Å². The quantitative estimate of drug-likeness (QED) is 0.722. The van der Waals surface area contributed by atoms with Crippen LogP contribution in [-0.2, 0) is 4.79 Å². The minimum atomic E-state index is -1.07. The minimum Gasteiger partial charge on any atom is -0.476 e. The molecule has 7 heteroatoms. The van der Waals surface area contributed by atoms with E-state index in [1.807, 2.05) is 6.92 Å². The number of hydrogen-bond acceptors (Lipinski definition) is 5. The zero-order valence-corrected chi connectivity index (χ0v) is 10.5. The zero-order chi connectivity index (χ0) is 13.0. The molecule has 4 N–H and O–H groups in total. The molecule has 0 bridgehead atoms. The first-order chi connectivity index (χ1) is 7.95. The Hall–Kier alpha value is -1.47. The number of aromatic nitrogens is 1. The molecule has 2 atom stereocenters. The van der Waals surface area contributed by atoms with Crippen molar-refractivity contribution in [2.24, 2.45) is 5.73 Å². The smallest absolute Gasteiger partial charge is 0.355 e. The molecule has 2 unspecified atom stereocenters. The molecule has 0 aliphatic heterocycles. The van der Waals surface area contributed by atoms with Gasteiger partial charge in [-0.1, -0.05) is 6.92 Å². The molecule has 0 fully saturated rings. The molecule has 0 radical (unpaired) electrons. The monoisotopic (exact) mass is 257 g/mol. The van der Waals surface area contributed by atoms with E-state index in [2.05, 4.69) is 10.3 Å². The van der Waals surface area contributed by atoms with Gasteiger partial charge in [-0.3, -0.25) is 4.79 Å². The first-order valence-electron chi connectivity index (χ1n) is 5.20. The van der Waals surface area contributed by atoms with Gasteiger partial charge in [0.2, 0.25) is 5.91 Å². The van der Waals surface area contributed by atoms with Gasteiger partial charge in [0.1, 0.15) is 5.01 Å². The summed E-state index contributed by atoms with van der Waals surface area (Å²) in [5.74, 6) is -1.33. The van der Waals surface area contributed by atoms with Crippen molar-refractivity contribution in [3.8, 4) is 0 Å². The van der Waals surface area contributed by atoms with Crippen molar-refractivity contribution in [2.75, 3.05) is 0 Å². The summed E-state index contributed by atoms with van der Waals surface area (Å²) in [6, 6.07) is -0.880. The fourth-order valence-electron chi connectivity index (χ4n) is 1.15. The normalized spacial score (nSPS) is 14.1. The number of aromatic carboxylic acids is 1. The molecule has 17 heavy (non-hydrogen) atoms. The first kappa shape index (κ1) is 13.6. The Labute approximate surface area is 103 Å². The van der Waals surface area contributed by atoms with Crippen LogP contribution in [0.3, 0.4) is 0 Å². The van der Waals surface area contributed by atoms with Gasteiger partial charge in [-0.15, -0.1) is 11.3 Å². The second kappa shape index (κ2) is 5.74. The average Bonchev–Trinajstić information content (AvgIpc) is 2.77. The average molecular weight is 257 g/mol. The van der Waals surface area contributed by atoms with Crippen LogP contribution in [0.15, 0.2) is 5.38 Å². The SMILES string of the molecule is CCC(N)C(=O)NC(C)c1nc(C(=O)O)cs1. The van der Waals surface area contributed by atoms with E-state index in [0.717, 1.165) is 0 Å². The summed E-state index contributed by atoms with van der Waals surface area (Å²) in [5.41, 5.74) is 5.56. The number of carboxylic acids is 1. The molecule has 0 saturated heterocycles. The lowest BCUT2D eigenvalue weighted by molar-refractivity contribution is -0.123. The summed E-state index contributed by atoms with van der Waals surface area (Å²) in [7, 11) is 0. The maximum atomic E-state index is 11.5. The summed E-state index contributed by atoms with van der Waals surface area (Å²) in [6.45, 7) is 3.56. The molecular weight excluding hydrogens is 242 g/mol. The van der Waals surface area contributed by atoms with E-state index in [1.54, 1.807) is 6.92 Å². The number of rotatable bonds is 5. The van der Waals surface area contributed by atoms with Crippen molar-refractivity contribution in [1.29, 1.82) is 0 Å². The highest BCUT2D eigenvalue weighted by atomic mass is 32.1. The van der Waals surface area contributed by atoms with E-state index in [-0.39, 0.29) is 17.6 Å². The number of nitrogens with two attached hydrogens (primary N) is 1. The van der Waals surface area contributed by atoms with Crippen molar-refractivity contribution < 1.29 is 14.7 Å². The van der Waals surface area contributed by atoms with Crippen molar-refractivity contribution >= 4 is 23.2 Å². The van der Waals surface area contributed by atoms with Gasteiger partial charge in [-0.05, 0) is 13.3 Å². The highest BCUT2D eigenvalue weighted by Gasteiger charge is 2.18. The summed E-state index contributed by atoms with van der Waals surface area (Å²) >= 11 is 1.20. The predicted molar refractivity (Wildman–Crippen MR) is 63.9 cm³/mol. The van der Waals surface area contributed by atoms with Crippen LogP contribution in [0.2, 0.25) is 0 Å². The lowest BCUT2D eigenvalue weighted by Crippen LogP contribution is -2.41. The third-order valence-corrected chi connectivity index (χ3v) is 3.27.